The summed E-state index contributed by atoms with van der Waals surface area (Å²) in [5.74, 6) is -0.344. The van der Waals surface area contributed by atoms with E-state index in [4.69, 9.17) is 23.8 Å². The number of hydrogen-bond acceptors (Lipinski definition) is 4. The third kappa shape index (κ3) is 3.92. The van der Waals surface area contributed by atoms with Crippen LogP contribution in [-0.2, 0) is 9.59 Å². The van der Waals surface area contributed by atoms with Crippen LogP contribution in [0.5, 0.6) is 0 Å². The van der Waals surface area contributed by atoms with Gasteiger partial charge in [0.25, 0.3) is 5.91 Å². The Bertz CT molecular complexity index is 894. The molecule has 1 fully saturated rings. The standard InChI is InChI=1S/C18H13ClN2O2S2/c1-11(22)20-13-6-8-14(9-7-13)21-17(23)16(25-18(21)24)10-12-4-2-3-5-15(12)19/h2-10H,1H3,(H,20,22)/b16-10-. The molecule has 0 radical (unpaired) electrons. The first kappa shape index (κ1) is 17.7. The van der Waals surface area contributed by atoms with Gasteiger partial charge in [-0.2, -0.15) is 0 Å². The van der Waals surface area contributed by atoms with Crippen LogP contribution in [0.1, 0.15) is 12.5 Å². The van der Waals surface area contributed by atoms with Crippen LogP contribution in [0.15, 0.2) is 53.4 Å². The van der Waals surface area contributed by atoms with Crippen molar-refractivity contribution in [1.29, 1.82) is 0 Å². The van der Waals surface area contributed by atoms with Gasteiger partial charge in [0.2, 0.25) is 5.91 Å². The third-order valence-corrected chi connectivity index (χ3v) is 5.08. The Kier molecular flexibility index (Phi) is 5.22. The van der Waals surface area contributed by atoms with Crippen LogP contribution >= 0.6 is 35.6 Å². The lowest BCUT2D eigenvalue weighted by Crippen LogP contribution is -2.27. The van der Waals surface area contributed by atoms with Crippen LogP contribution in [0.3, 0.4) is 0 Å². The van der Waals surface area contributed by atoms with E-state index in [9.17, 15) is 9.59 Å². The lowest BCUT2D eigenvalue weighted by atomic mass is 10.2. The molecule has 0 bridgehead atoms. The molecule has 0 unspecified atom stereocenters. The highest BCUT2D eigenvalue weighted by atomic mass is 35.5. The van der Waals surface area contributed by atoms with Gasteiger partial charge < -0.3 is 5.32 Å². The topological polar surface area (TPSA) is 49.4 Å². The Labute approximate surface area is 159 Å². The monoisotopic (exact) mass is 388 g/mol. The van der Waals surface area contributed by atoms with Gasteiger partial charge >= 0.3 is 0 Å². The Balaban J connectivity index is 1.87. The number of thioether (sulfide) groups is 1. The number of carbonyl (C=O) groups is 2. The Morgan fingerprint density at radius 3 is 2.52 bits per heavy atom. The predicted molar refractivity (Wildman–Crippen MR) is 108 cm³/mol. The van der Waals surface area contributed by atoms with E-state index in [1.165, 1.54) is 23.6 Å². The van der Waals surface area contributed by atoms with Crippen molar-refractivity contribution in [2.45, 2.75) is 6.92 Å². The molecule has 1 aliphatic rings. The number of hydrogen-bond donors (Lipinski definition) is 1. The summed E-state index contributed by atoms with van der Waals surface area (Å²) in [5.41, 5.74) is 2.08. The summed E-state index contributed by atoms with van der Waals surface area (Å²) in [6, 6.07) is 14.3. The SMILES string of the molecule is CC(=O)Nc1ccc(N2C(=O)/C(=C/c3ccccc3Cl)SC2=S)cc1. The van der Waals surface area contributed by atoms with Gasteiger partial charge in [0.15, 0.2) is 4.32 Å². The summed E-state index contributed by atoms with van der Waals surface area (Å²) < 4.78 is 0.454. The maximum atomic E-state index is 12.7. The minimum absolute atomic E-state index is 0.152. The normalized spacial score (nSPS) is 15.8. The molecule has 25 heavy (non-hydrogen) atoms. The number of rotatable bonds is 3. The zero-order valence-corrected chi connectivity index (χ0v) is 15.5. The molecule has 4 nitrogen and oxygen atoms in total. The van der Waals surface area contributed by atoms with E-state index < -0.39 is 0 Å². The second-order valence-corrected chi connectivity index (χ2v) is 7.35. The van der Waals surface area contributed by atoms with E-state index in [2.05, 4.69) is 5.32 Å². The van der Waals surface area contributed by atoms with Crippen molar-refractivity contribution < 1.29 is 9.59 Å². The smallest absolute Gasteiger partial charge is 0.270 e. The van der Waals surface area contributed by atoms with Crippen LogP contribution in [0.25, 0.3) is 6.08 Å². The largest absolute Gasteiger partial charge is 0.326 e. The van der Waals surface area contributed by atoms with E-state index in [1.54, 1.807) is 36.4 Å². The quantitative estimate of drug-likeness (QED) is 0.611. The van der Waals surface area contributed by atoms with Crippen LogP contribution in [-0.4, -0.2) is 16.1 Å². The fourth-order valence-electron chi connectivity index (χ4n) is 2.32. The highest BCUT2D eigenvalue weighted by Gasteiger charge is 2.33. The number of amides is 2. The van der Waals surface area contributed by atoms with E-state index >= 15 is 0 Å². The third-order valence-electron chi connectivity index (χ3n) is 3.43. The number of nitrogens with one attached hydrogen (secondary N) is 1. The minimum atomic E-state index is -0.192. The first-order valence-corrected chi connectivity index (χ1v) is 8.96. The molecule has 2 amide bonds. The van der Waals surface area contributed by atoms with Gasteiger partial charge in [-0.25, -0.2) is 0 Å². The maximum absolute atomic E-state index is 12.7. The second kappa shape index (κ2) is 7.39. The number of halogens is 1. The molecule has 2 aromatic rings. The second-order valence-electron chi connectivity index (χ2n) is 5.27. The molecule has 1 heterocycles. The van der Waals surface area contributed by atoms with Gasteiger partial charge in [-0.1, -0.05) is 53.8 Å². The number of thiocarbonyl (C=S) groups is 1. The first-order chi connectivity index (χ1) is 12.0. The molecule has 0 aromatic heterocycles. The fraction of sp³-hybridized carbons (Fsp3) is 0.0556. The highest BCUT2D eigenvalue weighted by molar-refractivity contribution is 8.27. The summed E-state index contributed by atoms with van der Waals surface area (Å²) >= 11 is 12.7. The van der Waals surface area contributed by atoms with E-state index in [0.717, 1.165) is 5.56 Å². The van der Waals surface area contributed by atoms with Crippen molar-refractivity contribution in [3.8, 4) is 0 Å². The molecular formula is C18H13ClN2O2S2. The summed E-state index contributed by atoms with van der Waals surface area (Å²) in [7, 11) is 0. The van der Waals surface area contributed by atoms with E-state index in [-0.39, 0.29) is 11.8 Å². The summed E-state index contributed by atoms with van der Waals surface area (Å²) in [5, 5.41) is 3.26. The summed E-state index contributed by atoms with van der Waals surface area (Å²) in [6.45, 7) is 1.44. The molecular weight excluding hydrogens is 376 g/mol. The fourth-order valence-corrected chi connectivity index (χ4v) is 3.80. The Morgan fingerprint density at radius 1 is 1.20 bits per heavy atom. The minimum Gasteiger partial charge on any atom is -0.326 e. The molecule has 1 aliphatic heterocycles. The van der Waals surface area contributed by atoms with Crippen molar-refractivity contribution in [2.75, 3.05) is 10.2 Å². The zero-order valence-electron chi connectivity index (χ0n) is 13.2. The molecule has 0 aliphatic carbocycles. The average Bonchev–Trinajstić information content (AvgIpc) is 2.84. The average molecular weight is 389 g/mol. The molecule has 3 rings (SSSR count). The molecule has 7 heteroatoms. The van der Waals surface area contributed by atoms with Gasteiger partial charge in [-0.15, -0.1) is 0 Å². The molecule has 0 spiro atoms. The lowest BCUT2D eigenvalue weighted by Gasteiger charge is -2.15. The zero-order chi connectivity index (χ0) is 18.0. The van der Waals surface area contributed by atoms with Crippen LogP contribution in [0.2, 0.25) is 5.02 Å². The van der Waals surface area contributed by atoms with Gasteiger partial charge in [-0.05, 0) is 42.0 Å². The predicted octanol–water partition coefficient (Wildman–Crippen LogP) is 4.70. The van der Waals surface area contributed by atoms with E-state index in [0.29, 0.717) is 25.6 Å². The van der Waals surface area contributed by atoms with E-state index in [1.807, 2.05) is 18.2 Å². The van der Waals surface area contributed by atoms with Crippen LogP contribution < -0.4 is 10.2 Å². The van der Waals surface area contributed by atoms with Crippen LogP contribution in [0.4, 0.5) is 11.4 Å². The number of benzene rings is 2. The molecule has 0 atom stereocenters. The highest BCUT2D eigenvalue weighted by Crippen LogP contribution is 2.37. The number of carbonyl (C=O) groups excluding carboxylic acids is 2. The number of anilines is 2. The van der Waals surface area contributed by atoms with Gasteiger partial charge in [0, 0.05) is 17.6 Å². The van der Waals surface area contributed by atoms with Crippen molar-refractivity contribution in [3.63, 3.8) is 0 Å². The molecule has 1 N–H and O–H groups in total. The maximum Gasteiger partial charge on any atom is 0.270 e. The van der Waals surface area contributed by atoms with Crippen molar-refractivity contribution in [3.05, 3.63) is 64.0 Å². The van der Waals surface area contributed by atoms with Gasteiger partial charge in [0.05, 0.1) is 10.6 Å². The lowest BCUT2D eigenvalue weighted by molar-refractivity contribution is -0.114. The Hall–Kier alpha value is -2.15. The molecule has 0 saturated carbocycles. The molecule has 126 valence electrons. The van der Waals surface area contributed by atoms with Gasteiger partial charge in [0.1, 0.15) is 0 Å². The Morgan fingerprint density at radius 2 is 1.88 bits per heavy atom. The first-order valence-electron chi connectivity index (χ1n) is 7.36. The summed E-state index contributed by atoms with van der Waals surface area (Å²) in [6.07, 6.45) is 1.74. The van der Waals surface area contributed by atoms with Gasteiger partial charge in [-0.3, -0.25) is 14.5 Å². The molecule has 2 aromatic carbocycles. The van der Waals surface area contributed by atoms with Crippen molar-refractivity contribution >= 4 is 69.2 Å². The summed E-state index contributed by atoms with van der Waals surface area (Å²) in [4.78, 5) is 25.8. The van der Waals surface area contributed by atoms with Crippen molar-refractivity contribution in [2.24, 2.45) is 0 Å². The molecule has 1 saturated heterocycles. The van der Waals surface area contributed by atoms with Crippen molar-refractivity contribution in [1.82, 2.24) is 0 Å². The number of nitrogens with zero attached hydrogens (tertiary/aromatic N) is 1. The van der Waals surface area contributed by atoms with Crippen LogP contribution in [0, 0.1) is 0 Å².